The molecular formula is C13H14BrClFN3O. The lowest BCUT2D eigenvalue weighted by Gasteiger charge is -2.10. The van der Waals surface area contributed by atoms with Crippen LogP contribution in [-0.2, 0) is 11.3 Å². The zero-order valence-electron chi connectivity index (χ0n) is 10.9. The third-order valence-corrected chi connectivity index (χ3v) is 3.78. The van der Waals surface area contributed by atoms with Crippen molar-refractivity contribution in [2.45, 2.75) is 31.7 Å². The second-order valence-corrected chi connectivity index (χ2v) is 6.07. The predicted octanol–water partition coefficient (Wildman–Crippen LogP) is 3.50. The number of hydrogen-bond acceptors (Lipinski definition) is 2. The van der Waals surface area contributed by atoms with Gasteiger partial charge >= 0.3 is 0 Å². The first-order chi connectivity index (χ1) is 9.40. The first-order valence-corrected chi connectivity index (χ1v) is 7.40. The lowest BCUT2D eigenvalue weighted by Crippen LogP contribution is -2.12. The monoisotopic (exact) mass is 361 g/mol. The second-order valence-electron chi connectivity index (χ2n) is 4.56. The summed E-state index contributed by atoms with van der Waals surface area (Å²) in [6.07, 6.45) is 0.880. The molecule has 1 heterocycles. The number of benzene rings is 1. The van der Waals surface area contributed by atoms with E-state index in [4.69, 9.17) is 17.3 Å². The number of nitrogens with two attached hydrogens (primary N) is 1. The molecule has 0 aliphatic carbocycles. The normalized spacial score (nSPS) is 12.8. The van der Waals surface area contributed by atoms with Crippen LogP contribution in [-0.4, -0.2) is 15.5 Å². The van der Waals surface area contributed by atoms with E-state index in [-0.39, 0.29) is 23.5 Å². The number of amides is 1. The number of nitrogens with zero attached hydrogens (tertiary/aromatic N) is 2. The number of carbonyl (C=O) groups excluding carboxylic acids is 1. The van der Waals surface area contributed by atoms with E-state index in [2.05, 4.69) is 20.9 Å². The van der Waals surface area contributed by atoms with Crippen molar-refractivity contribution in [3.05, 3.63) is 28.2 Å². The van der Waals surface area contributed by atoms with Crippen LogP contribution < -0.4 is 5.73 Å². The number of halogens is 3. The standard InChI is InChI=1S/C13H14BrClFN3O/c1-7(15)13-18-10-6-9(16)8(14)5-11(10)19(13)4-2-3-12(17)20/h5-7H,2-4H2,1H3,(H2,17,20). The van der Waals surface area contributed by atoms with Crippen LogP contribution in [0.2, 0.25) is 0 Å². The first kappa shape index (κ1) is 15.3. The van der Waals surface area contributed by atoms with Gasteiger partial charge in [-0.1, -0.05) is 0 Å². The maximum Gasteiger partial charge on any atom is 0.217 e. The summed E-state index contributed by atoms with van der Waals surface area (Å²) in [5, 5.41) is -0.308. The summed E-state index contributed by atoms with van der Waals surface area (Å²) in [6.45, 7) is 2.36. The molecule has 0 aliphatic rings. The molecule has 108 valence electrons. The Morgan fingerprint density at radius 2 is 2.30 bits per heavy atom. The summed E-state index contributed by atoms with van der Waals surface area (Å²) in [5.74, 6) is -0.0567. The maximum absolute atomic E-state index is 13.6. The molecule has 1 amide bonds. The third-order valence-electron chi connectivity index (χ3n) is 2.98. The van der Waals surface area contributed by atoms with E-state index in [1.165, 1.54) is 6.07 Å². The summed E-state index contributed by atoms with van der Waals surface area (Å²) < 4.78 is 15.8. The van der Waals surface area contributed by atoms with E-state index in [0.29, 0.717) is 28.8 Å². The molecule has 0 aliphatic heterocycles. The van der Waals surface area contributed by atoms with Crippen molar-refractivity contribution in [1.29, 1.82) is 0 Å². The number of alkyl halides is 1. The number of carbonyl (C=O) groups is 1. The van der Waals surface area contributed by atoms with Gasteiger partial charge in [0.1, 0.15) is 11.6 Å². The van der Waals surface area contributed by atoms with Crippen molar-refractivity contribution in [3.8, 4) is 0 Å². The van der Waals surface area contributed by atoms with E-state index in [0.717, 1.165) is 5.52 Å². The van der Waals surface area contributed by atoms with E-state index in [9.17, 15) is 9.18 Å². The van der Waals surface area contributed by atoms with E-state index >= 15 is 0 Å². The first-order valence-electron chi connectivity index (χ1n) is 6.17. The van der Waals surface area contributed by atoms with Gasteiger partial charge in [-0.05, 0) is 35.3 Å². The van der Waals surface area contributed by atoms with Gasteiger partial charge in [0.05, 0.1) is 20.9 Å². The quantitative estimate of drug-likeness (QED) is 0.828. The molecule has 0 fully saturated rings. The van der Waals surface area contributed by atoms with Crippen LogP contribution >= 0.6 is 27.5 Å². The highest BCUT2D eigenvalue weighted by atomic mass is 79.9. The van der Waals surface area contributed by atoms with E-state index in [1.807, 2.05) is 4.57 Å². The fourth-order valence-corrected chi connectivity index (χ4v) is 2.59. The Balaban J connectivity index is 2.45. The number of rotatable bonds is 5. The van der Waals surface area contributed by atoms with Gasteiger partial charge in [-0.25, -0.2) is 9.37 Å². The molecule has 1 unspecified atom stereocenters. The van der Waals surface area contributed by atoms with Crippen LogP contribution in [0, 0.1) is 5.82 Å². The topological polar surface area (TPSA) is 60.9 Å². The molecule has 1 aromatic carbocycles. The molecule has 20 heavy (non-hydrogen) atoms. The number of aromatic nitrogens is 2. The molecule has 0 bridgehead atoms. The molecule has 0 radical (unpaired) electrons. The lowest BCUT2D eigenvalue weighted by molar-refractivity contribution is -0.118. The lowest BCUT2D eigenvalue weighted by atomic mass is 10.2. The van der Waals surface area contributed by atoms with Crippen molar-refractivity contribution in [2.75, 3.05) is 0 Å². The third kappa shape index (κ3) is 3.12. The summed E-state index contributed by atoms with van der Waals surface area (Å²) in [7, 11) is 0. The Morgan fingerprint density at radius 1 is 1.60 bits per heavy atom. The number of fused-ring (bicyclic) bond motifs is 1. The van der Waals surface area contributed by atoms with Gasteiger partial charge in [0.25, 0.3) is 0 Å². The molecule has 0 spiro atoms. The van der Waals surface area contributed by atoms with Crippen LogP contribution in [0.3, 0.4) is 0 Å². The molecule has 1 aromatic heterocycles. The number of aryl methyl sites for hydroxylation is 1. The van der Waals surface area contributed by atoms with Crippen LogP contribution in [0.5, 0.6) is 0 Å². The van der Waals surface area contributed by atoms with Gasteiger partial charge in [0.2, 0.25) is 5.91 Å². The highest BCUT2D eigenvalue weighted by molar-refractivity contribution is 9.10. The summed E-state index contributed by atoms with van der Waals surface area (Å²) in [4.78, 5) is 15.2. The van der Waals surface area contributed by atoms with Crippen LogP contribution in [0.1, 0.15) is 31.0 Å². The molecule has 0 saturated carbocycles. The molecule has 2 aromatic rings. The average molecular weight is 363 g/mol. The van der Waals surface area contributed by atoms with Gasteiger partial charge in [-0.2, -0.15) is 0 Å². The fourth-order valence-electron chi connectivity index (χ4n) is 2.09. The Kier molecular flexibility index (Phi) is 4.65. The van der Waals surface area contributed by atoms with Crippen molar-refractivity contribution in [2.24, 2.45) is 5.73 Å². The van der Waals surface area contributed by atoms with Crippen molar-refractivity contribution < 1.29 is 9.18 Å². The molecule has 0 saturated heterocycles. The molecule has 7 heteroatoms. The molecule has 1 atom stereocenters. The van der Waals surface area contributed by atoms with Crippen LogP contribution in [0.4, 0.5) is 4.39 Å². The number of hydrogen-bond donors (Lipinski definition) is 1. The van der Waals surface area contributed by atoms with Crippen LogP contribution in [0.25, 0.3) is 11.0 Å². The molecule has 2 rings (SSSR count). The van der Waals surface area contributed by atoms with Crippen molar-refractivity contribution >= 4 is 44.5 Å². The SMILES string of the molecule is CC(Cl)c1nc2cc(F)c(Br)cc2n1CCCC(N)=O. The minimum atomic E-state index is -0.368. The Morgan fingerprint density at radius 3 is 2.90 bits per heavy atom. The minimum absolute atomic E-state index is 0.290. The highest BCUT2D eigenvalue weighted by Crippen LogP contribution is 2.28. The maximum atomic E-state index is 13.6. The van der Waals surface area contributed by atoms with Gasteiger partial charge in [0.15, 0.2) is 0 Å². The summed E-state index contributed by atoms with van der Waals surface area (Å²) in [5.41, 5.74) is 6.47. The Hall–Kier alpha value is -1.14. The summed E-state index contributed by atoms with van der Waals surface area (Å²) >= 11 is 9.29. The van der Waals surface area contributed by atoms with Crippen molar-refractivity contribution in [1.82, 2.24) is 9.55 Å². The largest absolute Gasteiger partial charge is 0.370 e. The highest BCUT2D eigenvalue weighted by Gasteiger charge is 2.16. The Bertz CT molecular complexity index is 657. The number of imidazole rings is 1. The fraction of sp³-hybridized carbons (Fsp3) is 0.385. The second kappa shape index (κ2) is 6.10. The smallest absolute Gasteiger partial charge is 0.217 e. The molecule has 4 nitrogen and oxygen atoms in total. The van der Waals surface area contributed by atoms with Gasteiger partial charge in [-0.15, -0.1) is 11.6 Å². The van der Waals surface area contributed by atoms with E-state index in [1.54, 1.807) is 13.0 Å². The van der Waals surface area contributed by atoms with E-state index < -0.39 is 0 Å². The zero-order valence-corrected chi connectivity index (χ0v) is 13.2. The number of primary amides is 1. The zero-order chi connectivity index (χ0) is 14.9. The average Bonchev–Trinajstić information content (AvgIpc) is 2.68. The minimum Gasteiger partial charge on any atom is -0.370 e. The Labute approximate surface area is 129 Å². The summed E-state index contributed by atoms with van der Waals surface area (Å²) in [6, 6.07) is 3.04. The van der Waals surface area contributed by atoms with Crippen LogP contribution in [0.15, 0.2) is 16.6 Å². The molecule has 2 N–H and O–H groups in total. The van der Waals surface area contributed by atoms with Crippen molar-refractivity contribution in [3.63, 3.8) is 0 Å². The van der Waals surface area contributed by atoms with Gasteiger partial charge in [-0.3, -0.25) is 4.79 Å². The predicted molar refractivity (Wildman–Crippen MR) is 80.1 cm³/mol. The molecular weight excluding hydrogens is 349 g/mol. The van der Waals surface area contributed by atoms with Gasteiger partial charge in [0, 0.05) is 19.0 Å². The van der Waals surface area contributed by atoms with Gasteiger partial charge < -0.3 is 10.3 Å².